The lowest BCUT2D eigenvalue weighted by molar-refractivity contribution is 0.378. The number of hydrogen-bond donors (Lipinski definition) is 1. The van der Waals surface area contributed by atoms with Crippen molar-refractivity contribution in [2.75, 3.05) is 11.8 Å². The second-order valence-electron chi connectivity index (χ2n) is 4.62. The van der Waals surface area contributed by atoms with Crippen LogP contribution in [0.5, 0.6) is 6.01 Å². The van der Waals surface area contributed by atoms with Gasteiger partial charge in [-0.15, -0.1) is 0 Å². The summed E-state index contributed by atoms with van der Waals surface area (Å²) in [6.45, 7) is 3.38. The number of anilines is 1. The molecule has 0 unspecified atom stereocenters. The Labute approximate surface area is 129 Å². The fraction of sp³-hybridized carbons (Fsp3) is 0.200. The average molecular weight is 319 g/mol. The molecule has 2 aromatic rings. The van der Waals surface area contributed by atoms with Crippen LogP contribution in [0.15, 0.2) is 35.7 Å². The molecule has 0 aliphatic rings. The quantitative estimate of drug-likeness (QED) is 0.916. The number of rotatable bonds is 5. The minimum absolute atomic E-state index is 0.206. The van der Waals surface area contributed by atoms with Crippen molar-refractivity contribution in [1.29, 1.82) is 0 Å². The number of sulfonamides is 1. The van der Waals surface area contributed by atoms with E-state index in [-0.39, 0.29) is 6.01 Å². The minimum Gasteiger partial charge on any atom is -0.467 e. The highest BCUT2D eigenvalue weighted by molar-refractivity contribution is 7.95. The SMILES string of the molecule is COc1nc(C)c(NS(=O)(=O)/C=C/c2ccccc2)c(C)n1. The maximum absolute atomic E-state index is 12.1. The van der Waals surface area contributed by atoms with Gasteiger partial charge in [-0.2, -0.15) is 9.97 Å². The van der Waals surface area contributed by atoms with Crippen molar-refractivity contribution in [2.24, 2.45) is 0 Å². The van der Waals surface area contributed by atoms with Crippen molar-refractivity contribution in [3.63, 3.8) is 0 Å². The Hall–Kier alpha value is -2.41. The molecule has 2 rings (SSSR count). The second kappa shape index (κ2) is 6.57. The van der Waals surface area contributed by atoms with Gasteiger partial charge in [-0.1, -0.05) is 30.3 Å². The fourth-order valence-electron chi connectivity index (χ4n) is 1.83. The van der Waals surface area contributed by atoms with Crippen molar-refractivity contribution in [2.45, 2.75) is 13.8 Å². The van der Waals surface area contributed by atoms with Gasteiger partial charge < -0.3 is 4.74 Å². The summed E-state index contributed by atoms with van der Waals surface area (Å²) in [6.07, 6.45) is 1.53. The summed E-state index contributed by atoms with van der Waals surface area (Å²) >= 11 is 0. The Kier molecular flexibility index (Phi) is 4.77. The summed E-state index contributed by atoms with van der Waals surface area (Å²) in [4.78, 5) is 8.14. The lowest BCUT2D eigenvalue weighted by Crippen LogP contribution is -2.13. The second-order valence-corrected chi connectivity index (χ2v) is 6.18. The van der Waals surface area contributed by atoms with Gasteiger partial charge in [-0.05, 0) is 25.5 Å². The predicted molar refractivity (Wildman–Crippen MR) is 86.1 cm³/mol. The van der Waals surface area contributed by atoms with Crippen LogP contribution in [-0.2, 0) is 10.0 Å². The lowest BCUT2D eigenvalue weighted by Gasteiger charge is -2.11. The zero-order chi connectivity index (χ0) is 16.2. The standard InChI is InChI=1S/C15H17N3O3S/c1-11-14(12(2)17-15(16-11)21-3)18-22(19,20)10-9-13-7-5-4-6-8-13/h4-10,18H,1-3H3/b10-9+. The molecule has 7 heteroatoms. The molecular weight excluding hydrogens is 302 g/mol. The Morgan fingerprint density at radius 3 is 2.23 bits per heavy atom. The van der Waals surface area contributed by atoms with Crippen molar-refractivity contribution >= 4 is 21.8 Å². The van der Waals surface area contributed by atoms with Gasteiger partial charge in [0.1, 0.15) is 0 Å². The Bertz CT molecular complexity index is 764. The number of ether oxygens (including phenoxy) is 1. The molecule has 1 aromatic heterocycles. The Balaban J connectivity index is 2.24. The summed E-state index contributed by atoms with van der Waals surface area (Å²) in [6, 6.07) is 9.39. The summed E-state index contributed by atoms with van der Waals surface area (Å²) in [5, 5.41) is 1.12. The molecule has 22 heavy (non-hydrogen) atoms. The van der Waals surface area contributed by atoms with Gasteiger partial charge in [0.05, 0.1) is 29.6 Å². The highest BCUT2D eigenvalue weighted by atomic mass is 32.2. The summed E-state index contributed by atoms with van der Waals surface area (Å²) in [5.41, 5.74) is 2.16. The van der Waals surface area contributed by atoms with Crippen LogP contribution in [0.1, 0.15) is 17.0 Å². The van der Waals surface area contributed by atoms with E-state index in [2.05, 4.69) is 14.7 Å². The smallest absolute Gasteiger partial charge is 0.316 e. The van der Waals surface area contributed by atoms with Crippen molar-refractivity contribution in [3.05, 3.63) is 52.7 Å². The molecule has 1 heterocycles. The van der Waals surface area contributed by atoms with Crippen LogP contribution in [0.2, 0.25) is 0 Å². The molecule has 1 N–H and O–H groups in total. The van der Waals surface area contributed by atoms with Crippen LogP contribution in [-0.4, -0.2) is 25.5 Å². The van der Waals surface area contributed by atoms with Crippen LogP contribution < -0.4 is 9.46 Å². The van der Waals surface area contributed by atoms with E-state index < -0.39 is 10.0 Å². The normalized spacial score (nSPS) is 11.6. The average Bonchev–Trinajstić information content (AvgIpc) is 2.50. The Morgan fingerprint density at radius 1 is 1.09 bits per heavy atom. The van der Waals surface area contributed by atoms with Gasteiger partial charge in [-0.25, -0.2) is 8.42 Å². The van der Waals surface area contributed by atoms with Gasteiger partial charge in [0.25, 0.3) is 10.0 Å². The van der Waals surface area contributed by atoms with E-state index in [1.54, 1.807) is 13.8 Å². The fourth-order valence-corrected chi connectivity index (χ4v) is 2.82. The van der Waals surface area contributed by atoms with Gasteiger partial charge >= 0.3 is 6.01 Å². The van der Waals surface area contributed by atoms with E-state index in [0.717, 1.165) is 11.0 Å². The molecule has 0 amide bonds. The molecule has 1 aromatic carbocycles. The molecule has 0 spiro atoms. The van der Waals surface area contributed by atoms with E-state index in [1.165, 1.54) is 13.2 Å². The van der Waals surface area contributed by atoms with Gasteiger partial charge in [0.2, 0.25) is 0 Å². The highest BCUT2D eigenvalue weighted by Crippen LogP contribution is 2.21. The van der Waals surface area contributed by atoms with E-state index in [0.29, 0.717) is 17.1 Å². The van der Waals surface area contributed by atoms with Crippen molar-refractivity contribution in [1.82, 2.24) is 9.97 Å². The van der Waals surface area contributed by atoms with Crippen LogP contribution in [0, 0.1) is 13.8 Å². The maximum Gasteiger partial charge on any atom is 0.316 e. The molecule has 116 valence electrons. The van der Waals surface area contributed by atoms with Crippen molar-refractivity contribution < 1.29 is 13.2 Å². The lowest BCUT2D eigenvalue weighted by atomic mass is 10.2. The third-order valence-corrected chi connectivity index (χ3v) is 3.90. The molecule has 0 aliphatic carbocycles. The number of nitrogens with one attached hydrogen (secondary N) is 1. The highest BCUT2D eigenvalue weighted by Gasteiger charge is 2.14. The molecule has 0 atom stereocenters. The minimum atomic E-state index is -3.65. The van der Waals surface area contributed by atoms with Crippen molar-refractivity contribution in [3.8, 4) is 6.01 Å². The monoisotopic (exact) mass is 319 g/mol. The van der Waals surface area contributed by atoms with Gasteiger partial charge in [0, 0.05) is 0 Å². The third kappa shape index (κ3) is 4.05. The van der Waals surface area contributed by atoms with Gasteiger partial charge in [0.15, 0.2) is 0 Å². The molecule has 0 fully saturated rings. The molecule has 0 radical (unpaired) electrons. The number of aryl methyl sites for hydroxylation is 2. The number of aromatic nitrogens is 2. The molecule has 0 saturated heterocycles. The number of hydrogen-bond acceptors (Lipinski definition) is 5. The maximum atomic E-state index is 12.1. The molecule has 0 bridgehead atoms. The molecular formula is C15H17N3O3S. The van der Waals surface area contributed by atoms with Crippen LogP contribution in [0.4, 0.5) is 5.69 Å². The predicted octanol–water partition coefficient (Wildman–Crippen LogP) is 2.51. The summed E-state index contributed by atoms with van der Waals surface area (Å²) in [5.74, 6) is 0. The van der Waals surface area contributed by atoms with E-state index in [9.17, 15) is 8.42 Å². The molecule has 6 nitrogen and oxygen atoms in total. The number of methoxy groups -OCH3 is 1. The zero-order valence-corrected chi connectivity index (χ0v) is 13.4. The number of nitrogens with zero attached hydrogens (tertiary/aromatic N) is 2. The summed E-state index contributed by atoms with van der Waals surface area (Å²) < 4.78 is 31.7. The van der Waals surface area contributed by atoms with Crippen LogP contribution >= 0.6 is 0 Å². The van der Waals surface area contributed by atoms with Crippen LogP contribution in [0.3, 0.4) is 0 Å². The first-order valence-electron chi connectivity index (χ1n) is 6.56. The largest absolute Gasteiger partial charge is 0.467 e. The topological polar surface area (TPSA) is 81.2 Å². The molecule has 0 saturated carbocycles. The number of benzene rings is 1. The first kappa shape index (κ1) is 16.0. The van der Waals surface area contributed by atoms with E-state index in [1.807, 2.05) is 30.3 Å². The van der Waals surface area contributed by atoms with Gasteiger partial charge in [-0.3, -0.25) is 4.72 Å². The Morgan fingerprint density at radius 2 is 1.68 bits per heavy atom. The van der Waals surface area contributed by atoms with Crippen LogP contribution in [0.25, 0.3) is 6.08 Å². The van der Waals surface area contributed by atoms with E-state index in [4.69, 9.17) is 4.74 Å². The first-order valence-corrected chi connectivity index (χ1v) is 8.11. The zero-order valence-electron chi connectivity index (χ0n) is 12.6. The molecule has 0 aliphatic heterocycles. The third-order valence-electron chi connectivity index (χ3n) is 2.92. The van der Waals surface area contributed by atoms with E-state index >= 15 is 0 Å². The first-order chi connectivity index (χ1) is 10.4. The summed E-state index contributed by atoms with van der Waals surface area (Å²) in [7, 11) is -2.19.